The minimum absolute atomic E-state index is 0.0265. The van der Waals surface area contributed by atoms with Gasteiger partial charge in [0.2, 0.25) is 5.91 Å². The number of fused-ring (bicyclic) bond motifs is 1. The fourth-order valence-corrected chi connectivity index (χ4v) is 4.17. The van der Waals surface area contributed by atoms with Crippen molar-refractivity contribution in [1.82, 2.24) is 5.43 Å². The van der Waals surface area contributed by atoms with E-state index in [0.29, 0.717) is 0 Å². The number of nitro groups is 1. The number of nitrogens with zero attached hydrogens (tertiary/aromatic N) is 3. The van der Waals surface area contributed by atoms with Gasteiger partial charge in [0.1, 0.15) is 0 Å². The molecule has 2 aromatic rings. The molecule has 7 nitrogen and oxygen atoms in total. The molecule has 1 N–H and O–H groups in total. The fourth-order valence-electron chi connectivity index (χ4n) is 3.48. The van der Waals surface area contributed by atoms with Crippen molar-refractivity contribution in [2.24, 2.45) is 5.10 Å². The molecular formula is C23H26N4O3S. The van der Waals surface area contributed by atoms with E-state index in [2.05, 4.69) is 61.5 Å². The van der Waals surface area contributed by atoms with E-state index in [1.165, 1.54) is 35.2 Å². The highest BCUT2D eigenvalue weighted by atomic mass is 32.2. The van der Waals surface area contributed by atoms with Crippen LogP contribution >= 0.6 is 11.8 Å². The zero-order valence-corrected chi connectivity index (χ0v) is 19.1. The van der Waals surface area contributed by atoms with E-state index in [0.717, 1.165) is 21.6 Å². The highest BCUT2D eigenvalue weighted by Gasteiger charge is 2.28. The summed E-state index contributed by atoms with van der Waals surface area (Å²) in [5.41, 5.74) is 8.12. The quantitative estimate of drug-likeness (QED) is 0.304. The van der Waals surface area contributed by atoms with Gasteiger partial charge in [-0.25, -0.2) is 5.43 Å². The number of benzene rings is 2. The molecule has 1 aliphatic heterocycles. The molecule has 0 bridgehead atoms. The summed E-state index contributed by atoms with van der Waals surface area (Å²) in [5, 5.41) is 14.8. The predicted molar refractivity (Wildman–Crippen MR) is 127 cm³/mol. The van der Waals surface area contributed by atoms with Crippen LogP contribution in [0, 0.1) is 17.0 Å². The number of nitro benzene ring substituents is 1. The fraction of sp³-hybridized carbons (Fsp3) is 0.304. The zero-order valence-electron chi connectivity index (χ0n) is 18.3. The van der Waals surface area contributed by atoms with Crippen LogP contribution in [0.3, 0.4) is 0 Å². The molecular weight excluding hydrogens is 412 g/mol. The summed E-state index contributed by atoms with van der Waals surface area (Å²) in [5.74, 6) is -0.0761. The third-order valence-corrected chi connectivity index (χ3v) is 6.43. The summed E-state index contributed by atoms with van der Waals surface area (Å²) in [7, 11) is 2.10. The Kier molecular flexibility index (Phi) is 6.50. The summed E-state index contributed by atoms with van der Waals surface area (Å²) in [6.45, 7) is 8.52. The van der Waals surface area contributed by atoms with Crippen molar-refractivity contribution in [3.8, 4) is 0 Å². The lowest BCUT2D eigenvalue weighted by Crippen LogP contribution is -2.42. The lowest BCUT2D eigenvalue weighted by atomic mass is 9.87. The number of hydrogen-bond acceptors (Lipinski definition) is 6. The van der Waals surface area contributed by atoms with Gasteiger partial charge in [-0.2, -0.15) is 5.10 Å². The highest BCUT2D eigenvalue weighted by Crippen LogP contribution is 2.38. The van der Waals surface area contributed by atoms with Crippen molar-refractivity contribution in [3.63, 3.8) is 0 Å². The van der Waals surface area contributed by atoms with Crippen LogP contribution in [0.25, 0.3) is 5.57 Å². The van der Waals surface area contributed by atoms with Crippen LogP contribution in [-0.4, -0.2) is 35.4 Å². The van der Waals surface area contributed by atoms with Crippen molar-refractivity contribution in [2.45, 2.75) is 38.1 Å². The van der Waals surface area contributed by atoms with Gasteiger partial charge in [0.15, 0.2) is 0 Å². The van der Waals surface area contributed by atoms with E-state index in [4.69, 9.17) is 0 Å². The first kappa shape index (κ1) is 22.6. The Morgan fingerprint density at radius 3 is 2.58 bits per heavy atom. The van der Waals surface area contributed by atoms with Crippen LogP contribution in [-0.2, 0) is 4.79 Å². The van der Waals surface area contributed by atoms with Crippen LogP contribution in [0.1, 0.15) is 37.5 Å². The number of carbonyl (C=O) groups is 1. The average molecular weight is 439 g/mol. The van der Waals surface area contributed by atoms with E-state index in [1.54, 1.807) is 18.3 Å². The second kappa shape index (κ2) is 8.93. The Morgan fingerprint density at radius 2 is 1.94 bits per heavy atom. The van der Waals surface area contributed by atoms with Crippen LogP contribution in [0.5, 0.6) is 0 Å². The Bertz CT molecular complexity index is 1070. The summed E-state index contributed by atoms with van der Waals surface area (Å²) in [4.78, 5) is 25.4. The highest BCUT2D eigenvalue weighted by molar-refractivity contribution is 8.00. The van der Waals surface area contributed by atoms with E-state index < -0.39 is 4.92 Å². The molecule has 2 aromatic carbocycles. The number of hydrogen-bond donors (Lipinski definition) is 1. The molecule has 0 saturated carbocycles. The topological polar surface area (TPSA) is 87.8 Å². The number of allylic oxidation sites excluding steroid dienone is 1. The number of non-ortho nitro benzene ring substituents is 1. The Labute approximate surface area is 186 Å². The molecule has 0 spiro atoms. The van der Waals surface area contributed by atoms with E-state index >= 15 is 0 Å². The van der Waals surface area contributed by atoms with Crippen LogP contribution in [0.4, 0.5) is 11.4 Å². The summed E-state index contributed by atoms with van der Waals surface area (Å²) in [6, 6.07) is 10.4. The smallest absolute Gasteiger partial charge is 0.269 e. The first-order valence-corrected chi connectivity index (χ1v) is 10.8. The minimum Gasteiger partial charge on any atom is -0.365 e. The van der Waals surface area contributed by atoms with Crippen LogP contribution in [0.15, 0.2) is 52.5 Å². The first-order valence-electron chi connectivity index (χ1n) is 9.86. The molecule has 8 heteroatoms. The number of nitrogens with one attached hydrogen (secondary N) is 1. The molecule has 31 heavy (non-hydrogen) atoms. The molecule has 0 atom stereocenters. The first-order chi connectivity index (χ1) is 14.6. The van der Waals surface area contributed by atoms with Gasteiger partial charge >= 0.3 is 0 Å². The Balaban J connectivity index is 1.63. The number of carbonyl (C=O) groups excluding carboxylic acids is 1. The van der Waals surface area contributed by atoms with Gasteiger partial charge in [0.25, 0.3) is 5.69 Å². The number of rotatable bonds is 6. The van der Waals surface area contributed by atoms with Gasteiger partial charge in [-0.15, -0.1) is 11.8 Å². The molecule has 0 radical (unpaired) electrons. The molecule has 1 heterocycles. The second-order valence-corrected chi connectivity index (χ2v) is 9.15. The van der Waals surface area contributed by atoms with Gasteiger partial charge in [-0.05, 0) is 68.7 Å². The summed E-state index contributed by atoms with van der Waals surface area (Å²) in [6.07, 6.45) is 3.92. The van der Waals surface area contributed by atoms with Gasteiger partial charge in [0.05, 0.1) is 22.4 Å². The Morgan fingerprint density at radius 1 is 1.26 bits per heavy atom. The molecule has 0 aromatic heterocycles. The molecule has 0 fully saturated rings. The van der Waals surface area contributed by atoms with Crippen molar-refractivity contribution < 1.29 is 9.72 Å². The van der Waals surface area contributed by atoms with E-state index in [9.17, 15) is 14.9 Å². The molecule has 0 unspecified atom stereocenters. The monoisotopic (exact) mass is 438 g/mol. The van der Waals surface area contributed by atoms with Gasteiger partial charge in [-0.3, -0.25) is 14.9 Å². The number of hydrazone groups is 1. The number of thioether (sulfide) groups is 1. The third-order valence-electron chi connectivity index (χ3n) is 5.42. The van der Waals surface area contributed by atoms with Gasteiger partial charge < -0.3 is 4.90 Å². The van der Waals surface area contributed by atoms with E-state index in [-0.39, 0.29) is 22.9 Å². The molecule has 3 rings (SSSR count). The molecule has 162 valence electrons. The lowest BCUT2D eigenvalue weighted by molar-refractivity contribution is -0.384. The molecule has 1 amide bonds. The van der Waals surface area contributed by atoms with Crippen LogP contribution < -0.4 is 10.3 Å². The normalized spacial score (nSPS) is 14.9. The predicted octanol–water partition coefficient (Wildman–Crippen LogP) is 4.78. The van der Waals surface area contributed by atoms with Crippen molar-refractivity contribution in [2.75, 3.05) is 17.7 Å². The number of aryl methyl sites for hydroxylation is 1. The summed E-state index contributed by atoms with van der Waals surface area (Å²) >= 11 is 1.30. The van der Waals surface area contributed by atoms with Gasteiger partial charge in [0, 0.05) is 35.3 Å². The van der Waals surface area contributed by atoms with Gasteiger partial charge in [-0.1, -0.05) is 6.08 Å². The molecule has 1 aliphatic rings. The minimum atomic E-state index is -0.450. The Hall–Kier alpha value is -3.13. The zero-order chi connectivity index (χ0) is 22.8. The van der Waals surface area contributed by atoms with Crippen LogP contribution in [0.2, 0.25) is 0 Å². The number of anilines is 1. The maximum Gasteiger partial charge on any atom is 0.269 e. The van der Waals surface area contributed by atoms with Crippen molar-refractivity contribution in [1.29, 1.82) is 0 Å². The maximum absolute atomic E-state index is 12.1. The molecule has 0 saturated heterocycles. The molecule has 0 aliphatic carbocycles. The van der Waals surface area contributed by atoms with Crippen molar-refractivity contribution in [3.05, 3.63) is 69.3 Å². The lowest BCUT2D eigenvalue weighted by Gasteiger charge is -2.41. The summed E-state index contributed by atoms with van der Waals surface area (Å²) < 4.78 is 0. The standard InChI is InChI=1S/C23H26N4O3S/c1-15-10-21-20(16(2)12-23(3,4)26(21)5)11-17(15)13-24-25-22(28)14-31-19-8-6-18(7-9-19)27(29)30/h6-13H,14H2,1-5H3,(H,25,28)/b24-13-. The SMILES string of the molecule is CC1=CC(C)(C)N(C)c2cc(C)c(/C=N\NC(=O)CSc3ccc([N+](=O)[O-])cc3)cc21. The second-order valence-electron chi connectivity index (χ2n) is 8.10. The average Bonchev–Trinajstić information content (AvgIpc) is 2.71. The number of likely N-dealkylation sites (N-methyl/N-ethyl adjacent to an activating group) is 1. The van der Waals surface area contributed by atoms with Crippen molar-refractivity contribution >= 4 is 40.8 Å². The maximum atomic E-state index is 12.1. The number of amides is 1. The largest absolute Gasteiger partial charge is 0.365 e. The third kappa shape index (κ3) is 5.14. The van der Waals surface area contributed by atoms with E-state index in [1.807, 2.05) is 6.92 Å².